The average molecular weight is 1130 g/mol. The molecule has 0 rings (SSSR count). The number of unbranched alkanes of at least 4 members (excludes halogenated alkanes) is 45. The highest BCUT2D eigenvalue weighted by Gasteiger charge is 2.19. The quantitative estimate of drug-likeness (QED) is 0.0261. The van der Waals surface area contributed by atoms with Crippen molar-refractivity contribution in [1.82, 2.24) is 0 Å². The molecule has 1 unspecified atom stereocenters. The van der Waals surface area contributed by atoms with E-state index in [0.717, 1.165) is 83.5 Å². The summed E-state index contributed by atoms with van der Waals surface area (Å²) < 4.78 is 17.0. The molecule has 0 N–H and O–H groups in total. The van der Waals surface area contributed by atoms with E-state index in [4.69, 9.17) is 14.2 Å². The summed E-state index contributed by atoms with van der Waals surface area (Å²) in [5, 5.41) is 0. The van der Waals surface area contributed by atoms with Gasteiger partial charge in [0.1, 0.15) is 13.2 Å². The Labute approximate surface area is 504 Å². The van der Waals surface area contributed by atoms with E-state index in [1.165, 1.54) is 257 Å². The molecule has 472 valence electrons. The first-order chi connectivity index (χ1) is 40.0. The van der Waals surface area contributed by atoms with E-state index in [1.807, 2.05) is 0 Å². The Hall–Kier alpha value is -2.89. The van der Waals surface area contributed by atoms with E-state index in [2.05, 4.69) is 81.5 Å². The van der Waals surface area contributed by atoms with Crippen LogP contribution in [0.3, 0.4) is 0 Å². The van der Waals surface area contributed by atoms with Gasteiger partial charge in [-0.25, -0.2) is 0 Å². The molecule has 0 radical (unpaired) electrons. The normalized spacial score (nSPS) is 12.4. The Morgan fingerprint density at radius 1 is 0.247 bits per heavy atom. The highest BCUT2D eigenvalue weighted by molar-refractivity contribution is 5.71. The van der Waals surface area contributed by atoms with Crippen LogP contribution in [0, 0.1) is 0 Å². The Kier molecular flexibility index (Phi) is 67.1. The topological polar surface area (TPSA) is 78.9 Å². The van der Waals surface area contributed by atoms with Gasteiger partial charge >= 0.3 is 17.9 Å². The number of esters is 3. The lowest BCUT2D eigenvalue weighted by atomic mass is 10.0. The molecule has 0 aliphatic rings. The largest absolute Gasteiger partial charge is 0.462 e. The van der Waals surface area contributed by atoms with Crippen LogP contribution >= 0.6 is 0 Å². The summed E-state index contributed by atoms with van der Waals surface area (Å²) in [7, 11) is 0. The summed E-state index contributed by atoms with van der Waals surface area (Å²) in [6, 6.07) is 0. The first kappa shape index (κ1) is 78.1. The van der Waals surface area contributed by atoms with Crippen LogP contribution in [0.15, 0.2) is 60.8 Å². The van der Waals surface area contributed by atoms with E-state index in [9.17, 15) is 14.4 Å². The first-order valence-corrected chi connectivity index (χ1v) is 35.8. The van der Waals surface area contributed by atoms with Crippen molar-refractivity contribution in [2.24, 2.45) is 0 Å². The highest BCUT2D eigenvalue weighted by atomic mass is 16.6. The molecule has 0 heterocycles. The number of ether oxygens (including phenoxy) is 3. The zero-order valence-corrected chi connectivity index (χ0v) is 54.3. The van der Waals surface area contributed by atoms with Crippen LogP contribution in [0.1, 0.15) is 380 Å². The van der Waals surface area contributed by atoms with Crippen molar-refractivity contribution >= 4 is 17.9 Å². The molecule has 6 nitrogen and oxygen atoms in total. The molecule has 0 aromatic carbocycles. The number of hydrogen-bond acceptors (Lipinski definition) is 6. The van der Waals surface area contributed by atoms with Gasteiger partial charge in [0.15, 0.2) is 6.10 Å². The van der Waals surface area contributed by atoms with Crippen LogP contribution in [0.25, 0.3) is 0 Å². The molecule has 0 aromatic rings. The van der Waals surface area contributed by atoms with Crippen LogP contribution in [0.4, 0.5) is 0 Å². The highest BCUT2D eigenvalue weighted by Crippen LogP contribution is 2.18. The maximum Gasteiger partial charge on any atom is 0.306 e. The summed E-state index contributed by atoms with van der Waals surface area (Å²) in [5.41, 5.74) is 0. The molecule has 1 atom stereocenters. The molecule has 0 aliphatic heterocycles. The third kappa shape index (κ3) is 67.8. The molecule has 0 fully saturated rings. The van der Waals surface area contributed by atoms with Crippen molar-refractivity contribution in [3.05, 3.63) is 60.8 Å². The van der Waals surface area contributed by atoms with Gasteiger partial charge in [0.2, 0.25) is 0 Å². The number of hydrogen-bond donors (Lipinski definition) is 0. The van der Waals surface area contributed by atoms with Crippen molar-refractivity contribution in [3.63, 3.8) is 0 Å². The van der Waals surface area contributed by atoms with Gasteiger partial charge in [-0.3, -0.25) is 14.4 Å². The second-order valence-electron chi connectivity index (χ2n) is 24.1. The summed E-state index contributed by atoms with van der Waals surface area (Å²) >= 11 is 0. The van der Waals surface area contributed by atoms with Crippen molar-refractivity contribution in [1.29, 1.82) is 0 Å². The average Bonchev–Trinajstić information content (AvgIpc) is 3.46. The van der Waals surface area contributed by atoms with Crippen LogP contribution in [0.2, 0.25) is 0 Å². The van der Waals surface area contributed by atoms with Gasteiger partial charge in [-0.15, -0.1) is 0 Å². The molecule has 0 saturated heterocycles. The molecule has 6 heteroatoms. The number of allylic oxidation sites excluding steroid dienone is 10. The standard InChI is InChI=1S/C75H136O6/c1-4-7-10-13-16-19-22-25-27-29-31-33-35-36-37-38-40-41-43-45-47-50-53-56-59-62-65-68-74(77)80-71-72(70-79-73(76)67-64-61-58-55-52-49-24-21-18-15-12-9-6-3)81-75(78)69-66-63-60-57-54-51-48-46-44-42-39-34-32-30-28-26-23-20-17-14-11-8-5-2/h21,23-24,26,29-32,39,42,72H,4-20,22,25,27-28,33-38,40-41,43-71H2,1-3H3/b24-21-,26-23-,31-29-,32-30-,42-39-. The first-order valence-electron chi connectivity index (χ1n) is 35.8. The monoisotopic (exact) mass is 1130 g/mol. The van der Waals surface area contributed by atoms with Crippen LogP contribution < -0.4 is 0 Å². The minimum absolute atomic E-state index is 0.0770. The predicted molar refractivity (Wildman–Crippen MR) is 353 cm³/mol. The fourth-order valence-electron chi connectivity index (χ4n) is 10.6. The molecule has 0 spiro atoms. The minimum Gasteiger partial charge on any atom is -0.462 e. The number of carbonyl (C=O) groups excluding carboxylic acids is 3. The maximum atomic E-state index is 13.0. The molecule has 0 amide bonds. The smallest absolute Gasteiger partial charge is 0.306 e. The summed E-state index contributed by atoms with van der Waals surface area (Å²) in [6.07, 6.45) is 89.7. The lowest BCUT2D eigenvalue weighted by Gasteiger charge is -2.18. The van der Waals surface area contributed by atoms with Gasteiger partial charge in [-0.1, -0.05) is 313 Å². The third-order valence-corrected chi connectivity index (χ3v) is 16.0. The Morgan fingerprint density at radius 2 is 0.444 bits per heavy atom. The minimum atomic E-state index is -0.782. The van der Waals surface area contributed by atoms with Crippen LogP contribution in [0.5, 0.6) is 0 Å². The third-order valence-electron chi connectivity index (χ3n) is 16.0. The Balaban J connectivity index is 4.26. The lowest BCUT2D eigenvalue weighted by Crippen LogP contribution is -2.30. The van der Waals surface area contributed by atoms with E-state index >= 15 is 0 Å². The fraction of sp³-hybridized carbons (Fsp3) is 0.827. The lowest BCUT2D eigenvalue weighted by molar-refractivity contribution is -0.167. The van der Waals surface area contributed by atoms with Crippen LogP contribution in [-0.4, -0.2) is 37.2 Å². The number of carbonyl (C=O) groups is 3. The van der Waals surface area contributed by atoms with Gasteiger partial charge < -0.3 is 14.2 Å². The maximum absolute atomic E-state index is 13.0. The zero-order valence-electron chi connectivity index (χ0n) is 54.3. The SMILES string of the molecule is CCCCCC/C=C\CCCCCCCC(=O)OCC(COC(=O)CCCCCCCCCCCCCCCCC/C=C\CCCCCCCCCC)OC(=O)CCCCCCCCCC/C=C\C/C=C\C/C=C\CCCCCCC. The van der Waals surface area contributed by atoms with Gasteiger partial charge in [-0.05, 0) is 109 Å². The zero-order chi connectivity index (χ0) is 58.5. The van der Waals surface area contributed by atoms with E-state index in [1.54, 1.807) is 0 Å². The van der Waals surface area contributed by atoms with Gasteiger partial charge in [0, 0.05) is 19.3 Å². The fourth-order valence-corrected chi connectivity index (χ4v) is 10.6. The summed E-state index contributed by atoms with van der Waals surface area (Å²) in [6.45, 7) is 6.66. The molecular formula is C75H136O6. The Bertz CT molecular complexity index is 1440. The van der Waals surface area contributed by atoms with Crippen LogP contribution in [-0.2, 0) is 28.6 Å². The predicted octanol–water partition coefficient (Wildman–Crippen LogP) is 24.7. The van der Waals surface area contributed by atoms with Crippen molar-refractivity contribution < 1.29 is 28.6 Å². The van der Waals surface area contributed by atoms with Crippen molar-refractivity contribution in [2.75, 3.05) is 13.2 Å². The Morgan fingerprint density at radius 3 is 0.716 bits per heavy atom. The molecule has 0 saturated carbocycles. The van der Waals surface area contributed by atoms with Crippen molar-refractivity contribution in [3.8, 4) is 0 Å². The summed E-state index contributed by atoms with van der Waals surface area (Å²) in [4.78, 5) is 38.4. The second-order valence-corrected chi connectivity index (χ2v) is 24.1. The molecule has 0 bridgehead atoms. The van der Waals surface area contributed by atoms with Gasteiger partial charge in [0.25, 0.3) is 0 Å². The summed E-state index contributed by atoms with van der Waals surface area (Å²) in [5.74, 6) is -0.872. The molecule has 0 aliphatic carbocycles. The van der Waals surface area contributed by atoms with Gasteiger partial charge in [0.05, 0.1) is 0 Å². The van der Waals surface area contributed by atoms with Crippen molar-refractivity contribution in [2.45, 2.75) is 386 Å². The second kappa shape index (κ2) is 69.6. The van der Waals surface area contributed by atoms with E-state index in [0.29, 0.717) is 19.3 Å². The molecular weight excluding hydrogens is 997 g/mol. The van der Waals surface area contributed by atoms with E-state index < -0.39 is 6.10 Å². The van der Waals surface area contributed by atoms with Gasteiger partial charge in [-0.2, -0.15) is 0 Å². The number of rotatable bonds is 66. The molecule has 0 aromatic heterocycles. The van der Waals surface area contributed by atoms with E-state index in [-0.39, 0.29) is 31.1 Å². The molecule has 81 heavy (non-hydrogen) atoms.